The lowest BCUT2D eigenvalue weighted by Crippen LogP contribution is -2.02. The zero-order valence-corrected chi connectivity index (χ0v) is 11.9. The van der Waals surface area contributed by atoms with Crippen LogP contribution in [0.5, 0.6) is 0 Å². The molecule has 96 valence electrons. The number of hydrogen-bond donors (Lipinski definition) is 1. The molecule has 0 aliphatic heterocycles. The van der Waals surface area contributed by atoms with Gasteiger partial charge in [0.25, 0.3) is 0 Å². The molecule has 0 aliphatic carbocycles. The lowest BCUT2D eigenvalue weighted by molar-refractivity contribution is 0.161. The molecule has 1 N–H and O–H groups in total. The Labute approximate surface area is 106 Å². The molecule has 0 aromatic heterocycles. The van der Waals surface area contributed by atoms with Gasteiger partial charge in [-0.2, -0.15) is 0 Å². The molecular formula is C16H26O. The van der Waals surface area contributed by atoms with E-state index in [2.05, 4.69) is 46.8 Å². The second-order valence-electron chi connectivity index (χ2n) is 5.63. The van der Waals surface area contributed by atoms with E-state index in [0.717, 1.165) is 24.3 Å². The first-order valence-corrected chi connectivity index (χ1v) is 6.67. The van der Waals surface area contributed by atoms with Crippen LogP contribution in [0.4, 0.5) is 0 Å². The molecule has 0 saturated carbocycles. The van der Waals surface area contributed by atoms with E-state index in [4.69, 9.17) is 0 Å². The fraction of sp³-hybridized carbons (Fsp3) is 0.625. The highest BCUT2D eigenvalue weighted by Crippen LogP contribution is 2.26. The average molecular weight is 234 g/mol. The number of hydrogen-bond acceptors (Lipinski definition) is 1. The van der Waals surface area contributed by atoms with E-state index in [1.807, 2.05) is 0 Å². The van der Waals surface area contributed by atoms with Gasteiger partial charge in [0.1, 0.15) is 0 Å². The molecule has 0 fully saturated rings. The van der Waals surface area contributed by atoms with Crippen LogP contribution in [-0.2, 0) is 0 Å². The molecule has 1 aromatic carbocycles. The van der Waals surface area contributed by atoms with Gasteiger partial charge >= 0.3 is 0 Å². The van der Waals surface area contributed by atoms with Crippen LogP contribution in [0.2, 0.25) is 0 Å². The lowest BCUT2D eigenvalue weighted by atomic mass is 9.94. The molecule has 1 atom stereocenters. The summed E-state index contributed by atoms with van der Waals surface area (Å²) in [4.78, 5) is 0. The molecule has 1 heteroatoms. The van der Waals surface area contributed by atoms with E-state index in [9.17, 15) is 5.11 Å². The molecule has 0 radical (unpaired) electrons. The summed E-state index contributed by atoms with van der Waals surface area (Å²) in [5, 5.41) is 10.2. The number of aliphatic hydroxyl groups is 1. The van der Waals surface area contributed by atoms with Gasteiger partial charge in [-0.3, -0.25) is 0 Å². The smallest absolute Gasteiger partial charge is 0.0792 e. The van der Waals surface area contributed by atoms with Crippen LogP contribution in [0.25, 0.3) is 0 Å². The Bertz CT molecular complexity index is 366. The molecule has 0 spiro atoms. The van der Waals surface area contributed by atoms with Crippen LogP contribution in [0.15, 0.2) is 12.1 Å². The van der Waals surface area contributed by atoms with E-state index >= 15 is 0 Å². The Hall–Kier alpha value is -0.820. The van der Waals surface area contributed by atoms with Crippen LogP contribution in [0, 0.1) is 26.7 Å². The average Bonchev–Trinajstić information content (AvgIpc) is 2.22. The second-order valence-corrected chi connectivity index (χ2v) is 5.63. The van der Waals surface area contributed by atoms with Gasteiger partial charge in [0.2, 0.25) is 0 Å². The summed E-state index contributed by atoms with van der Waals surface area (Å²) >= 11 is 0. The van der Waals surface area contributed by atoms with Crippen molar-refractivity contribution in [1.29, 1.82) is 0 Å². The molecule has 1 rings (SSSR count). The fourth-order valence-corrected chi connectivity index (χ4v) is 2.22. The van der Waals surface area contributed by atoms with Crippen molar-refractivity contribution >= 4 is 0 Å². The molecule has 1 aromatic rings. The van der Waals surface area contributed by atoms with Crippen molar-refractivity contribution in [1.82, 2.24) is 0 Å². The maximum absolute atomic E-state index is 10.2. The summed E-state index contributed by atoms with van der Waals surface area (Å²) < 4.78 is 0. The third kappa shape index (κ3) is 4.16. The summed E-state index contributed by atoms with van der Waals surface area (Å²) in [6.45, 7) is 10.8. The first-order valence-electron chi connectivity index (χ1n) is 6.67. The molecule has 0 amide bonds. The summed E-state index contributed by atoms with van der Waals surface area (Å²) in [6.07, 6.45) is 2.88. The van der Waals surface area contributed by atoms with Gasteiger partial charge in [0, 0.05) is 0 Å². The Morgan fingerprint density at radius 1 is 0.941 bits per heavy atom. The van der Waals surface area contributed by atoms with Crippen LogP contribution in [-0.4, -0.2) is 5.11 Å². The molecule has 1 nitrogen and oxygen atoms in total. The summed E-state index contributed by atoms with van der Waals surface area (Å²) in [7, 11) is 0. The molecule has 0 aliphatic rings. The minimum atomic E-state index is -0.298. The standard InChI is InChI=1S/C16H26O/c1-11(2)7-6-8-16(17)15-10-13(4)12(3)9-14(15)5/h9-11,16-17H,6-8H2,1-5H3. The normalized spacial score (nSPS) is 13.1. The van der Waals surface area contributed by atoms with Gasteiger partial charge in [-0.05, 0) is 55.4 Å². The van der Waals surface area contributed by atoms with Crippen LogP contribution < -0.4 is 0 Å². The monoisotopic (exact) mass is 234 g/mol. The maximum Gasteiger partial charge on any atom is 0.0792 e. The van der Waals surface area contributed by atoms with Gasteiger partial charge in [-0.15, -0.1) is 0 Å². The van der Waals surface area contributed by atoms with Crippen molar-refractivity contribution in [2.45, 2.75) is 60.0 Å². The lowest BCUT2D eigenvalue weighted by Gasteiger charge is -2.16. The van der Waals surface area contributed by atoms with Gasteiger partial charge in [0.05, 0.1) is 6.10 Å². The number of benzene rings is 1. The SMILES string of the molecule is Cc1cc(C)c(C(O)CCCC(C)C)cc1C. The predicted molar refractivity (Wildman–Crippen MR) is 74.3 cm³/mol. The van der Waals surface area contributed by atoms with Crippen molar-refractivity contribution < 1.29 is 5.11 Å². The zero-order valence-electron chi connectivity index (χ0n) is 11.9. The van der Waals surface area contributed by atoms with Gasteiger partial charge in [-0.25, -0.2) is 0 Å². The Morgan fingerprint density at radius 3 is 2.12 bits per heavy atom. The molecule has 0 bridgehead atoms. The van der Waals surface area contributed by atoms with Crippen molar-refractivity contribution in [3.8, 4) is 0 Å². The molecule has 0 heterocycles. The highest BCUT2D eigenvalue weighted by molar-refractivity contribution is 5.37. The predicted octanol–water partition coefficient (Wildman–Crippen LogP) is 4.47. The molecule has 17 heavy (non-hydrogen) atoms. The van der Waals surface area contributed by atoms with Crippen molar-refractivity contribution in [2.75, 3.05) is 0 Å². The summed E-state index contributed by atoms with van der Waals surface area (Å²) in [5.41, 5.74) is 4.90. The maximum atomic E-state index is 10.2. The highest BCUT2D eigenvalue weighted by atomic mass is 16.3. The summed E-state index contributed by atoms with van der Waals surface area (Å²) in [5.74, 6) is 0.725. The zero-order chi connectivity index (χ0) is 13.0. The van der Waals surface area contributed by atoms with E-state index in [-0.39, 0.29) is 6.10 Å². The minimum Gasteiger partial charge on any atom is -0.388 e. The van der Waals surface area contributed by atoms with Crippen LogP contribution in [0.1, 0.15) is 61.5 Å². The Kier molecular flexibility index (Phi) is 5.20. The quantitative estimate of drug-likeness (QED) is 0.797. The Morgan fingerprint density at radius 2 is 1.53 bits per heavy atom. The highest BCUT2D eigenvalue weighted by Gasteiger charge is 2.11. The van der Waals surface area contributed by atoms with Gasteiger partial charge in [0.15, 0.2) is 0 Å². The van der Waals surface area contributed by atoms with E-state index in [0.29, 0.717) is 0 Å². The number of aryl methyl sites for hydroxylation is 3. The molecule has 0 saturated heterocycles. The van der Waals surface area contributed by atoms with Gasteiger partial charge < -0.3 is 5.11 Å². The molecular weight excluding hydrogens is 208 g/mol. The first-order chi connectivity index (χ1) is 7.91. The van der Waals surface area contributed by atoms with Gasteiger partial charge in [-0.1, -0.05) is 38.8 Å². The third-order valence-electron chi connectivity index (χ3n) is 3.50. The molecule has 1 unspecified atom stereocenters. The van der Waals surface area contributed by atoms with Crippen LogP contribution >= 0.6 is 0 Å². The fourth-order valence-electron chi connectivity index (χ4n) is 2.22. The van der Waals surface area contributed by atoms with E-state index in [1.54, 1.807) is 0 Å². The topological polar surface area (TPSA) is 20.2 Å². The second kappa shape index (κ2) is 6.20. The summed E-state index contributed by atoms with van der Waals surface area (Å²) in [6, 6.07) is 4.32. The van der Waals surface area contributed by atoms with E-state index in [1.165, 1.54) is 23.1 Å². The number of aliphatic hydroxyl groups excluding tert-OH is 1. The van der Waals surface area contributed by atoms with Crippen molar-refractivity contribution in [3.05, 3.63) is 34.4 Å². The third-order valence-corrected chi connectivity index (χ3v) is 3.50. The van der Waals surface area contributed by atoms with Crippen molar-refractivity contribution in [2.24, 2.45) is 5.92 Å². The first kappa shape index (κ1) is 14.2. The van der Waals surface area contributed by atoms with Crippen molar-refractivity contribution in [3.63, 3.8) is 0 Å². The minimum absolute atomic E-state index is 0.298. The van der Waals surface area contributed by atoms with E-state index < -0.39 is 0 Å². The largest absolute Gasteiger partial charge is 0.388 e. The Balaban J connectivity index is 2.68. The van der Waals surface area contributed by atoms with Crippen LogP contribution in [0.3, 0.4) is 0 Å². The number of rotatable bonds is 5.